The van der Waals surface area contributed by atoms with Crippen molar-refractivity contribution in [2.75, 3.05) is 13.2 Å². The third-order valence-corrected chi connectivity index (χ3v) is 2.81. The van der Waals surface area contributed by atoms with Gasteiger partial charge in [0.2, 0.25) is 5.91 Å². The number of aliphatic hydroxyl groups is 2. The van der Waals surface area contributed by atoms with Crippen molar-refractivity contribution in [1.29, 1.82) is 0 Å². The normalized spacial score (nSPS) is 34.2. The lowest BCUT2D eigenvalue weighted by Gasteiger charge is -2.36. The Balaban J connectivity index is 2.72. The number of rotatable bonds is 4. The molecular formula is C8H15NO7P+. The highest BCUT2D eigenvalue weighted by Gasteiger charge is 2.45. The number of carbonyl (C=O) groups excluding carboxylic acids is 1. The number of hydrogen-bond acceptors (Lipinski definition) is 6. The van der Waals surface area contributed by atoms with Gasteiger partial charge in [-0.25, -0.2) is 0 Å². The molecule has 8 nitrogen and oxygen atoms in total. The predicted octanol–water partition coefficient (Wildman–Crippen LogP) is -1.72. The Morgan fingerprint density at radius 1 is 1.65 bits per heavy atom. The molecule has 0 aromatic rings. The van der Waals surface area contributed by atoms with Gasteiger partial charge in [-0.05, 0) is 0 Å². The fraction of sp³-hybridized carbons (Fsp3) is 0.875. The topological polar surface area (TPSA) is 125 Å². The summed E-state index contributed by atoms with van der Waals surface area (Å²) < 4.78 is 20.3. The molecule has 4 N–H and O–H groups in total. The lowest BCUT2D eigenvalue weighted by atomic mass is 9.98. The van der Waals surface area contributed by atoms with Gasteiger partial charge in [0.05, 0.1) is 19.3 Å². The second-order valence-corrected chi connectivity index (χ2v) is 4.35. The van der Waals surface area contributed by atoms with Crippen molar-refractivity contribution in [2.24, 2.45) is 0 Å². The van der Waals surface area contributed by atoms with Gasteiger partial charge in [-0.2, -0.15) is 0 Å². The van der Waals surface area contributed by atoms with Gasteiger partial charge in [-0.15, -0.1) is 9.42 Å². The lowest BCUT2D eigenvalue weighted by Crippen LogP contribution is -2.60. The van der Waals surface area contributed by atoms with E-state index in [1.165, 1.54) is 6.92 Å². The Morgan fingerprint density at radius 2 is 2.29 bits per heavy atom. The van der Waals surface area contributed by atoms with Crippen LogP contribution in [0.1, 0.15) is 6.92 Å². The van der Waals surface area contributed by atoms with E-state index in [2.05, 4.69) is 9.84 Å². The van der Waals surface area contributed by atoms with Crippen molar-refractivity contribution in [3.8, 4) is 0 Å². The summed E-state index contributed by atoms with van der Waals surface area (Å²) in [7, 11) is -2.94. The van der Waals surface area contributed by atoms with Crippen LogP contribution in [-0.2, 0) is 18.6 Å². The third-order valence-electron chi connectivity index (χ3n) is 2.39. The molecule has 0 spiro atoms. The molecule has 1 amide bonds. The molecule has 1 aliphatic rings. The van der Waals surface area contributed by atoms with Crippen LogP contribution in [0.2, 0.25) is 0 Å². The molecule has 1 aliphatic heterocycles. The first kappa shape index (κ1) is 14.4. The molecule has 17 heavy (non-hydrogen) atoms. The van der Waals surface area contributed by atoms with Crippen molar-refractivity contribution >= 4 is 14.2 Å². The second-order valence-electron chi connectivity index (χ2n) is 3.66. The van der Waals surface area contributed by atoms with Gasteiger partial charge >= 0.3 is 8.25 Å². The van der Waals surface area contributed by atoms with Crippen LogP contribution >= 0.6 is 8.25 Å². The highest BCUT2D eigenvalue weighted by atomic mass is 31.1. The van der Waals surface area contributed by atoms with Gasteiger partial charge in [-0.3, -0.25) is 4.79 Å². The van der Waals surface area contributed by atoms with Gasteiger partial charge < -0.3 is 20.3 Å². The fourth-order valence-electron chi connectivity index (χ4n) is 1.65. The Bertz CT molecular complexity index is 300. The Labute approximate surface area is 98.5 Å². The summed E-state index contributed by atoms with van der Waals surface area (Å²) in [4.78, 5) is 19.5. The molecule has 0 aromatic carbocycles. The van der Waals surface area contributed by atoms with Gasteiger partial charge in [0, 0.05) is 11.5 Å². The van der Waals surface area contributed by atoms with Gasteiger partial charge in [-0.1, -0.05) is 0 Å². The van der Waals surface area contributed by atoms with Crippen LogP contribution in [-0.4, -0.2) is 58.6 Å². The highest BCUT2D eigenvalue weighted by molar-refractivity contribution is 7.32. The number of aliphatic hydroxyl groups excluding tert-OH is 2. The maximum atomic E-state index is 10.9. The van der Waals surface area contributed by atoms with Crippen LogP contribution in [0.3, 0.4) is 0 Å². The van der Waals surface area contributed by atoms with E-state index in [4.69, 9.17) is 14.7 Å². The average Bonchev–Trinajstić information content (AvgIpc) is 2.23. The largest absolute Gasteiger partial charge is 0.695 e. The van der Waals surface area contributed by atoms with E-state index < -0.39 is 39.2 Å². The summed E-state index contributed by atoms with van der Waals surface area (Å²) in [6.45, 7) is 0.805. The first-order chi connectivity index (χ1) is 7.95. The molecule has 1 heterocycles. The van der Waals surface area contributed by atoms with Crippen LogP contribution in [0.4, 0.5) is 0 Å². The van der Waals surface area contributed by atoms with E-state index in [0.717, 1.165) is 0 Å². The minimum atomic E-state index is -2.94. The molecule has 0 aromatic heterocycles. The van der Waals surface area contributed by atoms with Gasteiger partial charge in [0.1, 0.15) is 12.2 Å². The Morgan fingerprint density at radius 3 is 2.76 bits per heavy atom. The van der Waals surface area contributed by atoms with E-state index in [9.17, 15) is 14.5 Å². The molecule has 0 aliphatic carbocycles. The van der Waals surface area contributed by atoms with Crippen LogP contribution in [0.25, 0.3) is 0 Å². The van der Waals surface area contributed by atoms with Gasteiger partial charge in [0.15, 0.2) is 6.10 Å². The van der Waals surface area contributed by atoms with Crippen molar-refractivity contribution in [2.45, 2.75) is 31.3 Å². The van der Waals surface area contributed by atoms with E-state index in [1.807, 2.05) is 0 Å². The molecule has 9 heteroatoms. The van der Waals surface area contributed by atoms with Crippen LogP contribution in [0.15, 0.2) is 0 Å². The number of hydrogen-bond donors (Lipinski definition) is 4. The summed E-state index contributed by atoms with van der Waals surface area (Å²) in [6, 6.07) is -0.741. The van der Waals surface area contributed by atoms with E-state index in [-0.39, 0.29) is 12.5 Å². The first-order valence-corrected chi connectivity index (χ1v) is 6.09. The molecule has 5 atom stereocenters. The monoisotopic (exact) mass is 268 g/mol. The van der Waals surface area contributed by atoms with Crippen molar-refractivity contribution in [3.05, 3.63) is 0 Å². The SMILES string of the molecule is CC(=O)NC1COC(CO)C(O[P+](=O)O)C1O. The quantitative estimate of drug-likeness (QED) is 0.447. The number of ether oxygens (including phenoxy) is 1. The lowest BCUT2D eigenvalue weighted by molar-refractivity contribution is -0.156. The third kappa shape index (κ3) is 3.95. The average molecular weight is 268 g/mol. The molecule has 98 valence electrons. The van der Waals surface area contributed by atoms with E-state index in [0.29, 0.717) is 0 Å². The molecule has 1 fully saturated rings. The molecule has 0 bridgehead atoms. The summed E-state index contributed by atoms with van der Waals surface area (Å²) in [5, 5.41) is 21.3. The molecular weight excluding hydrogens is 253 g/mol. The second kappa shape index (κ2) is 6.34. The predicted molar refractivity (Wildman–Crippen MR) is 55.1 cm³/mol. The van der Waals surface area contributed by atoms with Crippen LogP contribution in [0, 0.1) is 0 Å². The van der Waals surface area contributed by atoms with Crippen LogP contribution < -0.4 is 5.32 Å². The zero-order chi connectivity index (χ0) is 13.0. The zero-order valence-corrected chi connectivity index (χ0v) is 10.0. The highest BCUT2D eigenvalue weighted by Crippen LogP contribution is 2.27. The van der Waals surface area contributed by atoms with E-state index >= 15 is 0 Å². The maximum Gasteiger partial charge on any atom is 0.695 e. The molecule has 0 saturated carbocycles. The van der Waals surface area contributed by atoms with Crippen molar-refractivity contribution in [1.82, 2.24) is 5.32 Å². The summed E-state index contributed by atoms with van der Waals surface area (Å²) in [5.74, 6) is -0.368. The number of amides is 1. The molecule has 5 unspecified atom stereocenters. The summed E-state index contributed by atoms with van der Waals surface area (Å²) >= 11 is 0. The van der Waals surface area contributed by atoms with Crippen LogP contribution in [0.5, 0.6) is 0 Å². The number of carbonyl (C=O) groups is 1. The first-order valence-electron chi connectivity index (χ1n) is 4.96. The standard InChI is InChI=1S/C8H14NO7P/c1-4(11)9-5-3-15-6(2-10)8(7(5)12)16-17(13)14/h5-8,10,12H,2-3H2,1H3,(H-,9,11,13,14)/p+1. The zero-order valence-electron chi connectivity index (χ0n) is 9.15. The van der Waals surface area contributed by atoms with Crippen molar-refractivity contribution in [3.63, 3.8) is 0 Å². The van der Waals surface area contributed by atoms with Crippen molar-refractivity contribution < 1.29 is 33.7 Å². The van der Waals surface area contributed by atoms with E-state index in [1.54, 1.807) is 0 Å². The smallest absolute Gasteiger partial charge is 0.394 e. The summed E-state index contributed by atoms with van der Waals surface area (Å²) in [5.41, 5.74) is 0. The molecule has 1 saturated heterocycles. The molecule has 0 radical (unpaired) electrons. The Kier molecular flexibility index (Phi) is 5.38. The maximum absolute atomic E-state index is 10.9. The number of nitrogens with one attached hydrogen (secondary N) is 1. The molecule has 1 rings (SSSR count). The fourth-order valence-corrected chi connectivity index (χ4v) is 2.12. The van der Waals surface area contributed by atoms with Gasteiger partial charge in [0.25, 0.3) is 0 Å². The minimum Gasteiger partial charge on any atom is -0.394 e. The minimum absolute atomic E-state index is 0.00591. The Hall–Kier alpha value is -0.630. The summed E-state index contributed by atoms with van der Waals surface area (Å²) in [6.07, 6.45) is -3.30.